The largest absolute Gasteiger partial charge is 0.353 e. The molecule has 0 aromatic rings. The molecule has 0 radical (unpaired) electrons. The summed E-state index contributed by atoms with van der Waals surface area (Å²) in [7, 11) is 0. The van der Waals surface area contributed by atoms with Gasteiger partial charge in [-0.25, -0.2) is 0 Å². The number of rotatable bonds is 8. The number of hydrogen-bond donors (Lipinski definition) is 2. The first-order valence-electron chi connectivity index (χ1n) is 12.7. The van der Waals surface area contributed by atoms with Crippen LogP contribution in [0.2, 0.25) is 0 Å². The van der Waals surface area contributed by atoms with Gasteiger partial charge in [0.1, 0.15) is 8.64 Å². The molecule has 4 rings (SSSR count). The Kier molecular flexibility index (Phi) is 9.82. The van der Waals surface area contributed by atoms with Crippen LogP contribution >= 0.6 is 48.0 Å². The maximum absolute atomic E-state index is 13.1. The van der Waals surface area contributed by atoms with Crippen LogP contribution in [0.1, 0.15) is 77.0 Å². The van der Waals surface area contributed by atoms with Crippen LogP contribution in [-0.4, -0.2) is 67.2 Å². The van der Waals surface area contributed by atoms with E-state index in [4.69, 9.17) is 24.4 Å². The fourth-order valence-electron chi connectivity index (χ4n) is 4.98. The van der Waals surface area contributed by atoms with Crippen molar-refractivity contribution < 1.29 is 19.2 Å². The third-order valence-electron chi connectivity index (χ3n) is 6.97. The fraction of sp³-hybridized carbons (Fsp3) is 0.667. The lowest BCUT2D eigenvalue weighted by molar-refractivity contribution is -0.127. The van der Waals surface area contributed by atoms with Gasteiger partial charge in [0, 0.05) is 38.0 Å². The molecule has 0 aromatic carbocycles. The SMILES string of the molecule is O=C(CCN1C(=O)/C(=C2\SC(=S)N(CCC(=O)NC3CCCCC3)C2=O)SC1=S)NC1CCCCC1. The molecule has 2 N–H and O–H groups in total. The molecule has 2 saturated carbocycles. The molecular formula is C24H32N4O4S4. The number of thioether (sulfide) groups is 2. The molecule has 4 fully saturated rings. The average molecular weight is 569 g/mol. The fourth-order valence-corrected chi connectivity index (χ4v) is 7.75. The van der Waals surface area contributed by atoms with Crippen LogP contribution in [0.15, 0.2) is 9.81 Å². The van der Waals surface area contributed by atoms with E-state index in [-0.39, 0.29) is 71.5 Å². The molecule has 2 saturated heterocycles. The number of hydrogen-bond acceptors (Lipinski definition) is 8. The normalized spacial score (nSPS) is 24.1. The molecule has 0 bridgehead atoms. The van der Waals surface area contributed by atoms with Crippen molar-refractivity contribution in [2.45, 2.75) is 89.1 Å². The van der Waals surface area contributed by atoms with Gasteiger partial charge in [0.2, 0.25) is 11.8 Å². The Hall–Kier alpha value is -1.50. The van der Waals surface area contributed by atoms with E-state index in [9.17, 15) is 19.2 Å². The minimum atomic E-state index is -0.369. The number of nitrogens with zero attached hydrogens (tertiary/aromatic N) is 2. The molecule has 12 heteroatoms. The first-order valence-corrected chi connectivity index (χ1v) is 15.2. The molecular weight excluding hydrogens is 537 g/mol. The summed E-state index contributed by atoms with van der Waals surface area (Å²) in [5.41, 5.74) is 0. The van der Waals surface area contributed by atoms with Crippen molar-refractivity contribution in [2.24, 2.45) is 0 Å². The van der Waals surface area contributed by atoms with Gasteiger partial charge in [-0.2, -0.15) is 0 Å². The average Bonchev–Trinajstić information content (AvgIpc) is 3.31. The van der Waals surface area contributed by atoms with Gasteiger partial charge >= 0.3 is 0 Å². The maximum Gasteiger partial charge on any atom is 0.267 e. The summed E-state index contributed by atoms with van der Waals surface area (Å²) in [6.45, 7) is 0.350. The molecule has 4 amide bonds. The van der Waals surface area contributed by atoms with Crippen molar-refractivity contribution in [3.8, 4) is 0 Å². The van der Waals surface area contributed by atoms with Crippen molar-refractivity contribution in [3.05, 3.63) is 9.81 Å². The number of nitrogens with one attached hydrogen (secondary N) is 2. The van der Waals surface area contributed by atoms with Crippen molar-refractivity contribution in [1.82, 2.24) is 20.4 Å². The van der Waals surface area contributed by atoms with E-state index in [0.717, 1.165) is 74.9 Å². The molecule has 0 aromatic heterocycles. The van der Waals surface area contributed by atoms with E-state index in [1.807, 2.05) is 0 Å². The van der Waals surface area contributed by atoms with Crippen molar-refractivity contribution in [1.29, 1.82) is 0 Å². The third kappa shape index (κ3) is 6.87. The van der Waals surface area contributed by atoms with E-state index in [1.54, 1.807) is 0 Å². The van der Waals surface area contributed by atoms with Crippen molar-refractivity contribution in [3.63, 3.8) is 0 Å². The van der Waals surface area contributed by atoms with Crippen LogP contribution < -0.4 is 10.6 Å². The second kappa shape index (κ2) is 12.8. The highest BCUT2D eigenvalue weighted by Crippen LogP contribution is 2.42. The lowest BCUT2D eigenvalue weighted by atomic mass is 9.95. The van der Waals surface area contributed by atoms with Gasteiger partial charge in [-0.3, -0.25) is 29.0 Å². The summed E-state index contributed by atoms with van der Waals surface area (Å²) in [6.07, 6.45) is 11.2. The van der Waals surface area contributed by atoms with Gasteiger partial charge in [-0.05, 0) is 25.7 Å². The predicted molar refractivity (Wildman–Crippen MR) is 150 cm³/mol. The molecule has 4 aliphatic rings. The molecule has 0 spiro atoms. The Bertz CT molecular complexity index is 897. The summed E-state index contributed by atoms with van der Waals surface area (Å²) in [5.74, 6) is -0.917. The topological polar surface area (TPSA) is 98.8 Å². The summed E-state index contributed by atoms with van der Waals surface area (Å²) in [6, 6.07) is 0.424. The molecule has 2 aliphatic heterocycles. The highest BCUT2D eigenvalue weighted by Gasteiger charge is 2.42. The monoisotopic (exact) mass is 568 g/mol. The zero-order valence-corrected chi connectivity index (χ0v) is 23.5. The minimum Gasteiger partial charge on any atom is -0.353 e. The van der Waals surface area contributed by atoms with Gasteiger partial charge in [0.05, 0.1) is 9.81 Å². The molecule has 0 atom stereocenters. The summed E-state index contributed by atoms with van der Waals surface area (Å²) >= 11 is 12.9. The lowest BCUT2D eigenvalue weighted by Gasteiger charge is -2.23. The zero-order valence-electron chi connectivity index (χ0n) is 20.2. The van der Waals surface area contributed by atoms with Crippen molar-refractivity contribution >= 4 is 80.2 Å². The van der Waals surface area contributed by atoms with E-state index >= 15 is 0 Å². The van der Waals surface area contributed by atoms with E-state index < -0.39 is 0 Å². The van der Waals surface area contributed by atoms with Gasteiger partial charge in [-0.15, -0.1) is 0 Å². The van der Waals surface area contributed by atoms with Crippen LogP contribution in [0.4, 0.5) is 0 Å². The van der Waals surface area contributed by atoms with Crippen LogP contribution in [-0.2, 0) is 19.2 Å². The Morgan fingerprint density at radius 3 is 1.42 bits per heavy atom. The standard InChI is InChI=1S/C24H32N4O4S4/c29-17(25-15-7-3-1-4-8-15)11-13-27-21(31)19(35-23(27)33)20-22(32)28(24(34)36-20)14-12-18(30)26-16-9-5-2-6-10-16/h15-16H,1-14H2,(H,25,29)(H,26,30)/b20-19+. The molecule has 2 aliphatic carbocycles. The summed E-state index contributed by atoms with van der Waals surface area (Å²) < 4.78 is 0.662. The Labute approximate surface area is 231 Å². The highest BCUT2D eigenvalue weighted by atomic mass is 32.2. The maximum atomic E-state index is 13.1. The van der Waals surface area contributed by atoms with Crippen LogP contribution in [0.5, 0.6) is 0 Å². The molecule has 36 heavy (non-hydrogen) atoms. The first-order chi connectivity index (χ1) is 17.3. The lowest BCUT2D eigenvalue weighted by Crippen LogP contribution is -2.39. The van der Waals surface area contributed by atoms with Gasteiger partial charge in [0.25, 0.3) is 11.8 Å². The highest BCUT2D eigenvalue weighted by molar-refractivity contribution is 8.29. The van der Waals surface area contributed by atoms with Gasteiger partial charge in [0.15, 0.2) is 0 Å². The second-order valence-corrected chi connectivity index (χ2v) is 12.9. The Morgan fingerprint density at radius 1 is 0.694 bits per heavy atom. The minimum absolute atomic E-state index is 0.0891. The van der Waals surface area contributed by atoms with Crippen LogP contribution in [0.3, 0.4) is 0 Å². The Balaban J connectivity index is 1.30. The van der Waals surface area contributed by atoms with Gasteiger partial charge in [-0.1, -0.05) is 86.5 Å². The van der Waals surface area contributed by atoms with E-state index in [2.05, 4.69) is 10.6 Å². The van der Waals surface area contributed by atoms with Gasteiger partial charge < -0.3 is 10.6 Å². The van der Waals surface area contributed by atoms with Crippen molar-refractivity contribution in [2.75, 3.05) is 13.1 Å². The quantitative estimate of drug-likeness (QED) is 0.339. The number of amides is 4. The number of thiocarbonyl (C=S) groups is 2. The second-order valence-electron chi connectivity index (χ2n) is 9.61. The zero-order chi connectivity index (χ0) is 25.7. The van der Waals surface area contributed by atoms with E-state index in [1.165, 1.54) is 22.6 Å². The predicted octanol–water partition coefficient (Wildman–Crippen LogP) is 3.60. The first kappa shape index (κ1) is 27.5. The summed E-state index contributed by atoms with van der Waals surface area (Å²) in [4.78, 5) is 54.2. The molecule has 196 valence electrons. The smallest absolute Gasteiger partial charge is 0.267 e. The Morgan fingerprint density at radius 2 is 1.06 bits per heavy atom. The summed E-state index contributed by atoms with van der Waals surface area (Å²) in [5, 5.41) is 6.11. The molecule has 0 unspecified atom stereocenters. The number of carbonyl (C=O) groups excluding carboxylic acids is 4. The third-order valence-corrected chi connectivity index (χ3v) is 10.00. The van der Waals surface area contributed by atoms with Crippen LogP contribution in [0.25, 0.3) is 0 Å². The molecule has 2 heterocycles. The van der Waals surface area contributed by atoms with E-state index in [0.29, 0.717) is 8.64 Å². The molecule has 8 nitrogen and oxygen atoms in total. The number of carbonyl (C=O) groups is 4. The van der Waals surface area contributed by atoms with Crippen LogP contribution in [0, 0.1) is 0 Å².